The largest absolute Gasteiger partial charge is 0.343 e. The van der Waals surface area contributed by atoms with Crippen molar-refractivity contribution in [3.63, 3.8) is 0 Å². The molecule has 1 atom stereocenters. The maximum atomic E-state index is 13.2. The number of carbonyl (C=O) groups excluding carboxylic acids is 2. The van der Waals surface area contributed by atoms with Gasteiger partial charge in [0.25, 0.3) is 0 Å². The first-order valence-corrected chi connectivity index (χ1v) is 6.75. The molecule has 1 aliphatic heterocycles. The van der Waals surface area contributed by atoms with Gasteiger partial charge in [0.2, 0.25) is 11.8 Å². The fraction of sp³-hybridized carbons (Fsp3) is 0.467. The van der Waals surface area contributed by atoms with E-state index in [0.717, 1.165) is 0 Å². The van der Waals surface area contributed by atoms with E-state index in [4.69, 9.17) is 0 Å². The van der Waals surface area contributed by atoms with Crippen LogP contribution < -0.4 is 10.2 Å². The molecule has 108 valence electrons. The Morgan fingerprint density at radius 3 is 2.70 bits per heavy atom. The lowest BCUT2D eigenvalue weighted by Gasteiger charge is -2.34. The van der Waals surface area contributed by atoms with Gasteiger partial charge in [-0.1, -0.05) is 13.8 Å². The van der Waals surface area contributed by atoms with Gasteiger partial charge in [-0.25, -0.2) is 4.39 Å². The van der Waals surface area contributed by atoms with E-state index in [0.29, 0.717) is 23.6 Å². The highest BCUT2D eigenvalue weighted by Gasteiger charge is 2.34. The van der Waals surface area contributed by atoms with Crippen molar-refractivity contribution in [1.82, 2.24) is 5.32 Å². The zero-order chi connectivity index (χ0) is 14.9. The van der Waals surface area contributed by atoms with Crippen molar-refractivity contribution in [2.24, 2.45) is 5.92 Å². The zero-order valence-corrected chi connectivity index (χ0v) is 11.9. The third-order valence-electron chi connectivity index (χ3n) is 3.36. The number of anilines is 1. The molecule has 0 spiro atoms. The summed E-state index contributed by atoms with van der Waals surface area (Å²) in [6, 6.07) is 3.72. The van der Waals surface area contributed by atoms with E-state index in [1.807, 2.05) is 13.8 Å². The molecule has 2 rings (SSSR count). The summed E-state index contributed by atoms with van der Waals surface area (Å²) in [6.45, 7) is 5.72. The van der Waals surface area contributed by atoms with Gasteiger partial charge in [0.1, 0.15) is 18.4 Å². The van der Waals surface area contributed by atoms with Crippen LogP contribution in [0.5, 0.6) is 0 Å². The monoisotopic (exact) mass is 278 g/mol. The van der Waals surface area contributed by atoms with E-state index in [2.05, 4.69) is 5.32 Å². The van der Waals surface area contributed by atoms with Crippen molar-refractivity contribution in [2.75, 3.05) is 11.4 Å². The number of hydrogen-bond acceptors (Lipinski definition) is 2. The van der Waals surface area contributed by atoms with Crippen LogP contribution in [0.2, 0.25) is 0 Å². The molecule has 20 heavy (non-hydrogen) atoms. The number of nitrogens with zero attached hydrogens (tertiary/aromatic N) is 1. The Hall–Kier alpha value is -1.91. The third-order valence-corrected chi connectivity index (χ3v) is 3.36. The number of aryl methyl sites for hydroxylation is 1. The molecule has 0 aromatic heterocycles. The number of halogens is 1. The smallest absolute Gasteiger partial charge is 0.250 e. The summed E-state index contributed by atoms with van der Waals surface area (Å²) in [7, 11) is 0. The summed E-state index contributed by atoms with van der Waals surface area (Å²) >= 11 is 0. The third kappa shape index (κ3) is 2.98. The van der Waals surface area contributed by atoms with Crippen molar-refractivity contribution in [3.8, 4) is 0 Å². The lowest BCUT2D eigenvalue weighted by molar-refractivity contribution is -0.131. The van der Waals surface area contributed by atoms with Crippen molar-refractivity contribution in [1.29, 1.82) is 0 Å². The summed E-state index contributed by atoms with van der Waals surface area (Å²) in [5.41, 5.74) is 1.25. The molecule has 0 aliphatic carbocycles. The predicted molar refractivity (Wildman–Crippen MR) is 74.9 cm³/mol. The van der Waals surface area contributed by atoms with E-state index >= 15 is 0 Å². The maximum Gasteiger partial charge on any atom is 0.250 e. The summed E-state index contributed by atoms with van der Waals surface area (Å²) in [4.78, 5) is 25.7. The molecule has 5 heteroatoms. The molecule has 4 nitrogen and oxygen atoms in total. The predicted octanol–water partition coefficient (Wildman–Crippen LogP) is 2.01. The van der Waals surface area contributed by atoms with Crippen LogP contribution >= 0.6 is 0 Å². The van der Waals surface area contributed by atoms with Gasteiger partial charge in [0.05, 0.1) is 0 Å². The highest BCUT2D eigenvalue weighted by molar-refractivity contribution is 6.06. The molecule has 1 aliphatic rings. The van der Waals surface area contributed by atoms with Crippen LogP contribution in [0.1, 0.15) is 25.8 Å². The lowest BCUT2D eigenvalue weighted by atomic mass is 10.00. The normalized spacial score (nSPS) is 19.4. The second kappa shape index (κ2) is 5.61. The number of benzene rings is 1. The van der Waals surface area contributed by atoms with E-state index in [1.54, 1.807) is 13.0 Å². The molecule has 2 amide bonds. The minimum absolute atomic E-state index is 0.0140. The number of carbonyl (C=O) groups is 2. The van der Waals surface area contributed by atoms with Gasteiger partial charge in [-0.15, -0.1) is 0 Å². The quantitative estimate of drug-likeness (QED) is 0.919. The fourth-order valence-electron chi connectivity index (χ4n) is 2.47. The summed E-state index contributed by atoms with van der Waals surface area (Å²) in [5.74, 6) is -0.357. The van der Waals surface area contributed by atoms with E-state index in [-0.39, 0.29) is 24.2 Å². The van der Waals surface area contributed by atoms with Gasteiger partial charge in [-0.3, -0.25) is 9.59 Å². The fourth-order valence-corrected chi connectivity index (χ4v) is 2.47. The summed E-state index contributed by atoms with van der Waals surface area (Å²) in [5, 5.41) is 2.72. The topological polar surface area (TPSA) is 49.4 Å². The van der Waals surface area contributed by atoms with Gasteiger partial charge in [-0.2, -0.15) is 0 Å². The highest BCUT2D eigenvalue weighted by Crippen LogP contribution is 2.24. The second-order valence-electron chi connectivity index (χ2n) is 5.60. The minimum atomic E-state index is -0.499. The maximum absolute atomic E-state index is 13.2. The number of piperazine rings is 1. The first kappa shape index (κ1) is 14.5. The number of nitrogens with one attached hydrogen (secondary N) is 1. The molecule has 1 fully saturated rings. The average molecular weight is 278 g/mol. The molecule has 0 saturated carbocycles. The van der Waals surface area contributed by atoms with Gasteiger partial charge in [0.15, 0.2) is 0 Å². The van der Waals surface area contributed by atoms with Crippen LogP contribution in [-0.2, 0) is 9.59 Å². The molecule has 0 radical (unpaired) electrons. The minimum Gasteiger partial charge on any atom is -0.343 e. The molecule has 1 N–H and O–H groups in total. The summed E-state index contributed by atoms with van der Waals surface area (Å²) < 4.78 is 13.2. The van der Waals surface area contributed by atoms with Crippen molar-refractivity contribution in [2.45, 2.75) is 33.2 Å². The summed E-state index contributed by atoms with van der Waals surface area (Å²) in [6.07, 6.45) is 0.599. The van der Waals surface area contributed by atoms with Crippen LogP contribution in [0.3, 0.4) is 0 Å². The van der Waals surface area contributed by atoms with Crippen LogP contribution in [0.15, 0.2) is 18.2 Å². The van der Waals surface area contributed by atoms with Gasteiger partial charge >= 0.3 is 0 Å². The Kier molecular flexibility index (Phi) is 4.06. The van der Waals surface area contributed by atoms with Crippen molar-refractivity contribution >= 4 is 17.5 Å². The van der Waals surface area contributed by atoms with Gasteiger partial charge in [-0.05, 0) is 43.0 Å². The van der Waals surface area contributed by atoms with Crippen LogP contribution in [-0.4, -0.2) is 24.4 Å². The Balaban J connectivity index is 2.30. The lowest BCUT2D eigenvalue weighted by Crippen LogP contribution is -2.58. The number of rotatable bonds is 3. The van der Waals surface area contributed by atoms with Crippen molar-refractivity contribution in [3.05, 3.63) is 29.6 Å². The molecule has 1 aromatic rings. The highest BCUT2D eigenvalue weighted by atomic mass is 19.1. The Labute approximate surface area is 118 Å². The molecular weight excluding hydrogens is 259 g/mol. The van der Waals surface area contributed by atoms with Gasteiger partial charge in [0, 0.05) is 5.69 Å². The molecule has 0 bridgehead atoms. The molecule has 1 saturated heterocycles. The zero-order valence-electron chi connectivity index (χ0n) is 11.9. The Morgan fingerprint density at radius 2 is 2.10 bits per heavy atom. The molecular formula is C15H19FN2O2. The van der Waals surface area contributed by atoms with E-state index in [1.165, 1.54) is 17.0 Å². The average Bonchev–Trinajstić information content (AvgIpc) is 2.33. The Bertz CT molecular complexity index is 543. The van der Waals surface area contributed by atoms with Gasteiger partial charge < -0.3 is 10.2 Å². The van der Waals surface area contributed by atoms with E-state index < -0.39 is 6.04 Å². The SMILES string of the molecule is Cc1cc(F)ccc1N1CC(=O)NC(CC(C)C)C1=O. The second-order valence-corrected chi connectivity index (χ2v) is 5.60. The standard InChI is InChI=1S/C15H19FN2O2/c1-9(2)6-12-15(20)18(8-14(19)17-12)13-5-4-11(16)7-10(13)3/h4-5,7,9,12H,6,8H2,1-3H3,(H,17,19). The van der Waals surface area contributed by atoms with Crippen molar-refractivity contribution < 1.29 is 14.0 Å². The first-order chi connectivity index (χ1) is 9.38. The first-order valence-electron chi connectivity index (χ1n) is 6.75. The van der Waals surface area contributed by atoms with Crippen LogP contribution in [0.25, 0.3) is 0 Å². The molecule has 1 aromatic carbocycles. The molecule has 1 unspecified atom stereocenters. The number of amides is 2. The van der Waals surface area contributed by atoms with E-state index in [9.17, 15) is 14.0 Å². The number of hydrogen-bond donors (Lipinski definition) is 1. The Morgan fingerprint density at radius 1 is 1.40 bits per heavy atom. The van der Waals surface area contributed by atoms with Crippen LogP contribution in [0, 0.1) is 18.7 Å². The van der Waals surface area contributed by atoms with Crippen LogP contribution in [0.4, 0.5) is 10.1 Å². The molecule has 1 heterocycles.